The highest BCUT2D eigenvalue weighted by Crippen LogP contribution is 2.32. The standard InChI is InChI=1S/C21H26N4O3/c1-27-18-8-5-6-15(19(18)28-2)21(26)25-11-9-16-14(13-25)12-23-20(24-16)17-7-3-4-10-22-17/h5-6,8,12,17,22H,3-4,7,9-11,13H2,1-2H3/t17-/m1/s1. The highest BCUT2D eigenvalue weighted by Gasteiger charge is 2.27. The molecule has 0 unspecified atom stereocenters. The van der Waals surface area contributed by atoms with Gasteiger partial charge in [0.1, 0.15) is 5.82 Å². The summed E-state index contributed by atoms with van der Waals surface area (Å²) in [5.74, 6) is 1.83. The number of rotatable bonds is 4. The van der Waals surface area contributed by atoms with Crippen molar-refractivity contribution in [1.82, 2.24) is 20.2 Å². The van der Waals surface area contributed by atoms with Gasteiger partial charge in [0.15, 0.2) is 11.5 Å². The first kappa shape index (κ1) is 18.7. The van der Waals surface area contributed by atoms with Crippen LogP contribution in [-0.4, -0.2) is 48.1 Å². The maximum absolute atomic E-state index is 13.1. The van der Waals surface area contributed by atoms with Crippen LogP contribution in [-0.2, 0) is 13.0 Å². The van der Waals surface area contributed by atoms with Crippen LogP contribution in [0.2, 0.25) is 0 Å². The summed E-state index contributed by atoms with van der Waals surface area (Å²) < 4.78 is 10.7. The SMILES string of the molecule is COc1cccc(C(=O)N2CCc3nc([C@H]4CCCCN4)ncc3C2)c1OC. The zero-order chi connectivity index (χ0) is 19.5. The van der Waals surface area contributed by atoms with E-state index in [1.165, 1.54) is 12.8 Å². The monoisotopic (exact) mass is 382 g/mol. The van der Waals surface area contributed by atoms with Crippen molar-refractivity contribution in [3.05, 3.63) is 47.0 Å². The molecule has 2 aliphatic heterocycles. The lowest BCUT2D eigenvalue weighted by molar-refractivity contribution is 0.0729. The van der Waals surface area contributed by atoms with Crippen LogP contribution in [0.25, 0.3) is 0 Å². The van der Waals surface area contributed by atoms with Gasteiger partial charge in [0.25, 0.3) is 5.91 Å². The van der Waals surface area contributed by atoms with E-state index in [9.17, 15) is 4.79 Å². The zero-order valence-corrected chi connectivity index (χ0v) is 16.4. The van der Waals surface area contributed by atoms with Crippen molar-refractivity contribution < 1.29 is 14.3 Å². The predicted octanol–water partition coefficient (Wildman–Crippen LogP) is 2.51. The van der Waals surface area contributed by atoms with Gasteiger partial charge in [-0.05, 0) is 31.5 Å². The van der Waals surface area contributed by atoms with Crippen LogP contribution >= 0.6 is 0 Å². The van der Waals surface area contributed by atoms with E-state index in [2.05, 4.69) is 10.3 Å². The third-order valence-corrected chi connectivity index (χ3v) is 5.50. The van der Waals surface area contributed by atoms with Crippen LogP contribution in [0.1, 0.15) is 52.7 Å². The largest absolute Gasteiger partial charge is 0.493 e. The summed E-state index contributed by atoms with van der Waals surface area (Å²) in [6.45, 7) is 2.16. The molecule has 0 spiro atoms. The Balaban J connectivity index is 1.53. The first-order valence-corrected chi connectivity index (χ1v) is 9.79. The fourth-order valence-corrected chi connectivity index (χ4v) is 3.97. The van der Waals surface area contributed by atoms with Gasteiger partial charge in [0, 0.05) is 31.3 Å². The number of carbonyl (C=O) groups is 1. The maximum atomic E-state index is 13.1. The summed E-state index contributed by atoms with van der Waals surface area (Å²) in [5, 5.41) is 3.50. The Morgan fingerprint density at radius 1 is 1.25 bits per heavy atom. The second-order valence-corrected chi connectivity index (χ2v) is 7.22. The lowest BCUT2D eigenvalue weighted by atomic mass is 10.0. The predicted molar refractivity (Wildman–Crippen MR) is 105 cm³/mol. The van der Waals surface area contributed by atoms with Crippen molar-refractivity contribution in [2.75, 3.05) is 27.3 Å². The third-order valence-electron chi connectivity index (χ3n) is 5.50. The molecule has 4 rings (SSSR count). The topological polar surface area (TPSA) is 76.6 Å². The molecule has 1 atom stereocenters. The molecule has 7 heteroatoms. The number of amides is 1. The maximum Gasteiger partial charge on any atom is 0.258 e. The molecule has 1 N–H and O–H groups in total. The molecule has 0 saturated carbocycles. The summed E-state index contributed by atoms with van der Waals surface area (Å²) in [4.78, 5) is 24.3. The van der Waals surface area contributed by atoms with Gasteiger partial charge in [-0.2, -0.15) is 0 Å². The minimum absolute atomic E-state index is 0.0700. The first-order chi connectivity index (χ1) is 13.7. The number of para-hydroxylation sites is 1. The molecule has 148 valence electrons. The van der Waals surface area contributed by atoms with Crippen molar-refractivity contribution in [2.45, 2.75) is 38.3 Å². The molecule has 1 aromatic carbocycles. The van der Waals surface area contributed by atoms with Crippen LogP contribution in [0.3, 0.4) is 0 Å². The molecule has 28 heavy (non-hydrogen) atoms. The Morgan fingerprint density at radius 3 is 2.89 bits per heavy atom. The van der Waals surface area contributed by atoms with Crippen LogP contribution in [0.4, 0.5) is 0 Å². The normalized spacial score (nSPS) is 19.1. The number of piperidine rings is 1. The van der Waals surface area contributed by atoms with E-state index in [0.29, 0.717) is 30.2 Å². The smallest absolute Gasteiger partial charge is 0.258 e. The molecule has 2 aromatic rings. The second-order valence-electron chi connectivity index (χ2n) is 7.22. The number of nitrogens with zero attached hydrogens (tertiary/aromatic N) is 3. The van der Waals surface area contributed by atoms with Gasteiger partial charge >= 0.3 is 0 Å². The van der Waals surface area contributed by atoms with Gasteiger partial charge in [-0.25, -0.2) is 9.97 Å². The van der Waals surface area contributed by atoms with Gasteiger partial charge in [0.2, 0.25) is 0 Å². The second kappa shape index (κ2) is 8.14. The molecule has 0 bridgehead atoms. The van der Waals surface area contributed by atoms with E-state index >= 15 is 0 Å². The van der Waals surface area contributed by atoms with Crippen molar-refractivity contribution in [2.24, 2.45) is 0 Å². The number of hydrogen-bond donors (Lipinski definition) is 1. The number of benzene rings is 1. The average Bonchev–Trinajstić information content (AvgIpc) is 2.77. The summed E-state index contributed by atoms with van der Waals surface area (Å²) in [5.41, 5.74) is 2.58. The lowest BCUT2D eigenvalue weighted by Gasteiger charge is -2.30. The van der Waals surface area contributed by atoms with Crippen molar-refractivity contribution >= 4 is 5.91 Å². The van der Waals surface area contributed by atoms with Gasteiger partial charge in [-0.1, -0.05) is 12.5 Å². The molecule has 0 aliphatic carbocycles. The minimum Gasteiger partial charge on any atom is -0.493 e. The fourth-order valence-electron chi connectivity index (χ4n) is 3.97. The molecular formula is C21H26N4O3. The van der Waals surface area contributed by atoms with Gasteiger partial charge in [-0.15, -0.1) is 0 Å². The first-order valence-electron chi connectivity index (χ1n) is 9.79. The van der Waals surface area contributed by atoms with Crippen LogP contribution < -0.4 is 14.8 Å². The fraction of sp³-hybridized carbons (Fsp3) is 0.476. The van der Waals surface area contributed by atoms with E-state index in [4.69, 9.17) is 14.5 Å². The molecule has 1 aromatic heterocycles. The molecule has 1 amide bonds. The number of methoxy groups -OCH3 is 2. The number of nitrogens with one attached hydrogen (secondary N) is 1. The van der Waals surface area contributed by atoms with Crippen molar-refractivity contribution in [3.63, 3.8) is 0 Å². The lowest BCUT2D eigenvalue weighted by Crippen LogP contribution is -2.37. The Bertz CT molecular complexity index is 865. The third kappa shape index (κ3) is 3.54. The average molecular weight is 382 g/mol. The Hall–Kier alpha value is -2.67. The summed E-state index contributed by atoms with van der Waals surface area (Å²) in [7, 11) is 3.12. The van der Waals surface area contributed by atoms with Crippen LogP contribution in [0, 0.1) is 0 Å². The highest BCUT2D eigenvalue weighted by molar-refractivity contribution is 5.98. The van der Waals surface area contributed by atoms with E-state index in [0.717, 1.165) is 36.5 Å². The molecule has 0 radical (unpaired) electrons. The summed E-state index contributed by atoms with van der Waals surface area (Å²) >= 11 is 0. The van der Waals surface area contributed by atoms with Crippen LogP contribution in [0.5, 0.6) is 11.5 Å². The van der Waals surface area contributed by atoms with E-state index < -0.39 is 0 Å². The number of fused-ring (bicyclic) bond motifs is 1. The van der Waals surface area contributed by atoms with Crippen LogP contribution in [0.15, 0.2) is 24.4 Å². The van der Waals surface area contributed by atoms with Gasteiger partial charge in [-0.3, -0.25) is 4.79 Å². The summed E-state index contributed by atoms with van der Waals surface area (Å²) in [6, 6.07) is 5.61. The van der Waals surface area contributed by atoms with Crippen molar-refractivity contribution in [3.8, 4) is 11.5 Å². The number of aromatic nitrogens is 2. The van der Waals surface area contributed by atoms with E-state index in [1.54, 1.807) is 32.4 Å². The number of hydrogen-bond acceptors (Lipinski definition) is 6. The van der Waals surface area contributed by atoms with Gasteiger partial charge in [0.05, 0.1) is 31.5 Å². The Kier molecular flexibility index (Phi) is 5.43. The number of ether oxygens (including phenoxy) is 2. The Morgan fingerprint density at radius 2 is 2.14 bits per heavy atom. The molecule has 2 aliphatic rings. The van der Waals surface area contributed by atoms with E-state index in [1.807, 2.05) is 11.1 Å². The Labute approximate surface area is 165 Å². The highest BCUT2D eigenvalue weighted by atomic mass is 16.5. The quantitative estimate of drug-likeness (QED) is 0.876. The molecular weight excluding hydrogens is 356 g/mol. The summed E-state index contributed by atoms with van der Waals surface area (Å²) in [6.07, 6.45) is 6.12. The zero-order valence-electron chi connectivity index (χ0n) is 16.4. The number of carbonyl (C=O) groups excluding carboxylic acids is 1. The minimum atomic E-state index is -0.0700. The molecule has 1 saturated heterocycles. The van der Waals surface area contributed by atoms with Gasteiger partial charge < -0.3 is 19.7 Å². The van der Waals surface area contributed by atoms with E-state index in [-0.39, 0.29) is 11.9 Å². The molecule has 1 fully saturated rings. The molecule has 7 nitrogen and oxygen atoms in total. The van der Waals surface area contributed by atoms with Crippen molar-refractivity contribution in [1.29, 1.82) is 0 Å². The molecule has 3 heterocycles.